The zero-order chi connectivity index (χ0) is 19.4. The van der Waals surface area contributed by atoms with Gasteiger partial charge in [-0.3, -0.25) is 9.59 Å². The topological polar surface area (TPSA) is 95.5 Å². The number of carboxylic acid groups (broad SMARTS) is 1. The molecule has 1 aliphatic rings. The van der Waals surface area contributed by atoms with Crippen LogP contribution < -0.4 is 10.6 Å². The second kappa shape index (κ2) is 8.25. The van der Waals surface area contributed by atoms with Gasteiger partial charge >= 0.3 is 5.97 Å². The number of nitrogens with one attached hydrogen (secondary N) is 2. The fraction of sp³-hybridized carbons (Fsp3) is 0.500. The molecule has 0 radical (unpaired) electrons. The molecule has 0 spiro atoms. The van der Waals surface area contributed by atoms with Gasteiger partial charge in [-0.2, -0.15) is 0 Å². The van der Waals surface area contributed by atoms with E-state index in [2.05, 4.69) is 10.6 Å². The van der Waals surface area contributed by atoms with Gasteiger partial charge in [0.25, 0.3) is 0 Å². The molecule has 1 aromatic rings. The molecule has 1 fully saturated rings. The van der Waals surface area contributed by atoms with Gasteiger partial charge in [-0.1, -0.05) is 26.0 Å². The predicted octanol–water partition coefficient (Wildman–Crippen LogP) is 1.80. The quantitative estimate of drug-likeness (QED) is 0.652. The number of benzene rings is 1. The summed E-state index contributed by atoms with van der Waals surface area (Å²) in [4.78, 5) is 35.0. The van der Waals surface area contributed by atoms with Gasteiger partial charge in [0.1, 0.15) is 6.04 Å². The van der Waals surface area contributed by atoms with Crippen LogP contribution in [0.15, 0.2) is 18.2 Å². The van der Waals surface area contributed by atoms with E-state index in [4.69, 9.17) is 5.11 Å². The molecule has 1 saturated carbocycles. The van der Waals surface area contributed by atoms with Crippen molar-refractivity contribution in [2.45, 2.75) is 38.6 Å². The zero-order valence-electron chi connectivity index (χ0n) is 14.6. The molecule has 1 aromatic carbocycles. The standard InChI is InChI=1S/C18H22F2N2O4/c1-9(2)6-14(18(25)26)22-15(23)8-21-17(24)12-7-11(12)10-4-3-5-13(19)16(10)20/h3-5,9,11-12,14H,6-8H2,1-2H3,(H,21,24)(H,22,23)(H,25,26)/t11?,12?,14-/m0/s1. The van der Waals surface area contributed by atoms with Crippen molar-refractivity contribution in [2.24, 2.45) is 11.8 Å². The molecular formula is C18H22F2N2O4. The normalized spacial score (nSPS) is 19.7. The van der Waals surface area contributed by atoms with Crippen molar-refractivity contribution in [3.8, 4) is 0 Å². The van der Waals surface area contributed by atoms with E-state index in [0.717, 1.165) is 6.07 Å². The SMILES string of the molecule is CC(C)C[C@H](NC(=O)CNC(=O)C1CC1c1cccc(F)c1F)C(=O)O. The number of carboxylic acids is 1. The minimum absolute atomic E-state index is 0.0828. The Labute approximate surface area is 150 Å². The van der Waals surface area contributed by atoms with Crippen molar-refractivity contribution in [3.05, 3.63) is 35.4 Å². The molecule has 1 aliphatic carbocycles. The van der Waals surface area contributed by atoms with E-state index in [-0.39, 0.29) is 24.4 Å². The van der Waals surface area contributed by atoms with Crippen LogP contribution in [0.1, 0.15) is 38.2 Å². The Balaban J connectivity index is 1.83. The molecule has 0 bridgehead atoms. The van der Waals surface area contributed by atoms with Gasteiger partial charge in [0.2, 0.25) is 11.8 Å². The summed E-state index contributed by atoms with van der Waals surface area (Å²) in [5, 5.41) is 13.9. The number of hydrogen-bond donors (Lipinski definition) is 3. The van der Waals surface area contributed by atoms with Gasteiger partial charge in [-0.15, -0.1) is 0 Å². The molecule has 0 aromatic heterocycles. The van der Waals surface area contributed by atoms with Crippen molar-refractivity contribution in [1.29, 1.82) is 0 Å². The molecule has 0 heterocycles. The molecule has 0 aliphatic heterocycles. The third-order valence-corrected chi connectivity index (χ3v) is 4.27. The summed E-state index contributed by atoms with van der Waals surface area (Å²) in [5.41, 5.74) is 0.150. The van der Waals surface area contributed by atoms with E-state index in [1.807, 2.05) is 13.8 Å². The maximum atomic E-state index is 13.7. The Morgan fingerprint density at radius 3 is 2.58 bits per heavy atom. The molecule has 142 valence electrons. The highest BCUT2D eigenvalue weighted by Crippen LogP contribution is 2.48. The summed E-state index contributed by atoms with van der Waals surface area (Å²) < 4.78 is 27.0. The third kappa shape index (κ3) is 5.00. The highest BCUT2D eigenvalue weighted by atomic mass is 19.2. The van der Waals surface area contributed by atoms with Crippen LogP contribution in [0, 0.1) is 23.5 Å². The van der Waals surface area contributed by atoms with Crippen molar-refractivity contribution in [1.82, 2.24) is 10.6 Å². The lowest BCUT2D eigenvalue weighted by Crippen LogP contribution is -2.46. The molecule has 0 saturated heterocycles. The van der Waals surface area contributed by atoms with E-state index >= 15 is 0 Å². The van der Waals surface area contributed by atoms with Gasteiger partial charge in [0.05, 0.1) is 6.54 Å². The van der Waals surface area contributed by atoms with Crippen LogP contribution in [0.5, 0.6) is 0 Å². The average Bonchev–Trinajstić information content (AvgIpc) is 3.34. The molecule has 8 heteroatoms. The molecule has 2 rings (SSSR count). The second-order valence-electron chi connectivity index (χ2n) is 6.90. The van der Waals surface area contributed by atoms with Crippen LogP contribution >= 0.6 is 0 Å². The van der Waals surface area contributed by atoms with Gasteiger partial charge in [-0.25, -0.2) is 13.6 Å². The summed E-state index contributed by atoms with van der Waals surface area (Å²) in [6.07, 6.45) is 0.650. The Morgan fingerprint density at radius 1 is 1.27 bits per heavy atom. The third-order valence-electron chi connectivity index (χ3n) is 4.27. The summed E-state index contributed by atoms with van der Waals surface area (Å²) in [7, 11) is 0. The Kier molecular flexibility index (Phi) is 6.28. The van der Waals surface area contributed by atoms with E-state index in [9.17, 15) is 23.2 Å². The van der Waals surface area contributed by atoms with E-state index < -0.39 is 47.3 Å². The molecule has 26 heavy (non-hydrogen) atoms. The molecular weight excluding hydrogens is 346 g/mol. The lowest BCUT2D eigenvalue weighted by atomic mass is 10.0. The average molecular weight is 368 g/mol. The first kappa shape index (κ1) is 19.8. The van der Waals surface area contributed by atoms with Gasteiger partial charge in [-0.05, 0) is 36.3 Å². The zero-order valence-corrected chi connectivity index (χ0v) is 14.6. The van der Waals surface area contributed by atoms with Crippen molar-refractivity contribution >= 4 is 17.8 Å². The Morgan fingerprint density at radius 2 is 1.96 bits per heavy atom. The number of aliphatic carboxylic acids is 1. The number of carbonyl (C=O) groups excluding carboxylic acids is 2. The smallest absolute Gasteiger partial charge is 0.326 e. The fourth-order valence-electron chi connectivity index (χ4n) is 2.87. The molecule has 2 amide bonds. The number of hydrogen-bond acceptors (Lipinski definition) is 3. The molecule has 6 nitrogen and oxygen atoms in total. The monoisotopic (exact) mass is 368 g/mol. The van der Waals surface area contributed by atoms with Crippen molar-refractivity contribution in [3.63, 3.8) is 0 Å². The molecule has 3 atom stereocenters. The number of halogens is 2. The molecule has 3 N–H and O–H groups in total. The lowest BCUT2D eigenvalue weighted by Gasteiger charge is -2.16. The molecule has 2 unspecified atom stereocenters. The van der Waals surface area contributed by atoms with Crippen LogP contribution in [-0.4, -0.2) is 35.5 Å². The first-order chi connectivity index (χ1) is 12.2. The number of carbonyl (C=O) groups is 3. The van der Waals surface area contributed by atoms with Crippen LogP contribution in [0.2, 0.25) is 0 Å². The Hall–Kier alpha value is -2.51. The Bertz CT molecular complexity index is 708. The van der Waals surface area contributed by atoms with Gasteiger partial charge < -0.3 is 15.7 Å². The van der Waals surface area contributed by atoms with Gasteiger partial charge in [0.15, 0.2) is 11.6 Å². The maximum Gasteiger partial charge on any atom is 0.326 e. The number of amides is 2. The van der Waals surface area contributed by atoms with E-state index in [1.165, 1.54) is 12.1 Å². The number of rotatable bonds is 8. The minimum Gasteiger partial charge on any atom is -0.480 e. The van der Waals surface area contributed by atoms with Crippen LogP contribution in [-0.2, 0) is 14.4 Å². The largest absolute Gasteiger partial charge is 0.480 e. The van der Waals surface area contributed by atoms with Crippen molar-refractivity contribution < 1.29 is 28.3 Å². The van der Waals surface area contributed by atoms with Crippen LogP contribution in [0.4, 0.5) is 8.78 Å². The van der Waals surface area contributed by atoms with Crippen molar-refractivity contribution in [2.75, 3.05) is 6.54 Å². The van der Waals surface area contributed by atoms with Crippen LogP contribution in [0.3, 0.4) is 0 Å². The maximum absolute atomic E-state index is 13.7. The van der Waals surface area contributed by atoms with Crippen LogP contribution in [0.25, 0.3) is 0 Å². The lowest BCUT2D eigenvalue weighted by molar-refractivity contribution is -0.142. The first-order valence-electron chi connectivity index (χ1n) is 8.44. The second-order valence-corrected chi connectivity index (χ2v) is 6.90. The van der Waals surface area contributed by atoms with E-state index in [1.54, 1.807) is 0 Å². The highest BCUT2D eigenvalue weighted by molar-refractivity contribution is 5.89. The summed E-state index contributed by atoms with van der Waals surface area (Å²) in [6, 6.07) is 2.81. The summed E-state index contributed by atoms with van der Waals surface area (Å²) in [6.45, 7) is 3.31. The minimum atomic E-state index is -1.14. The van der Waals surface area contributed by atoms with Gasteiger partial charge in [0, 0.05) is 5.92 Å². The summed E-state index contributed by atoms with van der Waals surface area (Å²) in [5.74, 6) is -4.96. The van der Waals surface area contributed by atoms with E-state index in [0.29, 0.717) is 6.42 Å². The first-order valence-corrected chi connectivity index (χ1v) is 8.44. The fourth-order valence-corrected chi connectivity index (χ4v) is 2.87. The highest BCUT2D eigenvalue weighted by Gasteiger charge is 2.45. The summed E-state index contributed by atoms with van der Waals surface area (Å²) >= 11 is 0. The predicted molar refractivity (Wildman–Crippen MR) is 89.2 cm³/mol.